The summed E-state index contributed by atoms with van der Waals surface area (Å²) in [5.41, 5.74) is 4.72. The molecule has 0 heterocycles. The van der Waals surface area contributed by atoms with Gasteiger partial charge in [0.1, 0.15) is 0 Å². The molecule has 88 valence electrons. The van der Waals surface area contributed by atoms with Crippen molar-refractivity contribution in [2.24, 2.45) is 5.92 Å². The minimum Gasteiger partial charge on any atom is -0.385 e. The van der Waals surface area contributed by atoms with Crippen molar-refractivity contribution in [3.05, 3.63) is 34.4 Å². The molecule has 1 aromatic rings. The highest BCUT2D eigenvalue weighted by atomic mass is 16.3. The molecule has 1 unspecified atom stereocenters. The van der Waals surface area contributed by atoms with Crippen molar-refractivity contribution in [1.82, 2.24) is 0 Å². The van der Waals surface area contributed by atoms with Gasteiger partial charge in [0.05, 0.1) is 5.60 Å². The Balaban J connectivity index is 2.44. The van der Waals surface area contributed by atoms with Crippen LogP contribution in [-0.2, 0) is 12.0 Å². The summed E-state index contributed by atoms with van der Waals surface area (Å²) in [6.45, 7) is 8.68. The van der Waals surface area contributed by atoms with Crippen molar-refractivity contribution >= 4 is 0 Å². The fraction of sp³-hybridized carbons (Fsp3) is 0.600. The molecule has 16 heavy (non-hydrogen) atoms. The number of hydrogen-bond acceptors (Lipinski definition) is 1. The van der Waals surface area contributed by atoms with E-state index in [1.165, 1.54) is 22.3 Å². The number of aliphatic hydroxyl groups is 1. The van der Waals surface area contributed by atoms with E-state index in [1.807, 2.05) is 0 Å². The zero-order valence-electron chi connectivity index (χ0n) is 10.8. The molecule has 0 spiro atoms. The molecule has 0 saturated heterocycles. The number of hydrogen-bond donors (Lipinski definition) is 1. The second kappa shape index (κ2) is 3.89. The topological polar surface area (TPSA) is 20.2 Å². The first-order valence-electron chi connectivity index (χ1n) is 6.26. The Kier molecular flexibility index (Phi) is 2.83. The van der Waals surface area contributed by atoms with Gasteiger partial charge in [-0.1, -0.05) is 26.0 Å². The second-order valence-corrected chi connectivity index (χ2v) is 5.66. The van der Waals surface area contributed by atoms with Crippen molar-refractivity contribution in [1.29, 1.82) is 0 Å². The summed E-state index contributed by atoms with van der Waals surface area (Å²) in [6.07, 6.45) is 2.80. The summed E-state index contributed by atoms with van der Waals surface area (Å²) in [5.74, 6) is 0.539. The average Bonchev–Trinajstić information content (AvgIpc) is 2.49. The minimum absolute atomic E-state index is 0.539. The lowest BCUT2D eigenvalue weighted by atomic mass is 9.86. The fourth-order valence-electron chi connectivity index (χ4n) is 2.99. The summed E-state index contributed by atoms with van der Waals surface area (Å²) in [5, 5.41) is 10.7. The van der Waals surface area contributed by atoms with Crippen LogP contribution in [0.5, 0.6) is 0 Å². The maximum absolute atomic E-state index is 10.7. The van der Waals surface area contributed by atoms with Crippen LogP contribution in [0.15, 0.2) is 12.1 Å². The van der Waals surface area contributed by atoms with Crippen LogP contribution in [0.2, 0.25) is 0 Å². The Bertz CT molecular complexity index is 406. The van der Waals surface area contributed by atoms with Gasteiger partial charge < -0.3 is 5.11 Å². The summed E-state index contributed by atoms with van der Waals surface area (Å²) in [7, 11) is 0. The molecule has 0 fully saturated rings. The normalized spacial score (nSPS) is 23.9. The third kappa shape index (κ3) is 1.78. The van der Waals surface area contributed by atoms with Gasteiger partial charge in [0.25, 0.3) is 0 Å². The van der Waals surface area contributed by atoms with Crippen LogP contribution in [0.3, 0.4) is 0 Å². The standard InChI is InChI=1S/C15H22O/c1-10(2)9-15(16)8-7-13-12(4)11(3)5-6-14(13)15/h5-6,10,16H,7-9H2,1-4H3. The Hall–Kier alpha value is -0.820. The average molecular weight is 218 g/mol. The largest absolute Gasteiger partial charge is 0.385 e. The second-order valence-electron chi connectivity index (χ2n) is 5.66. The molecule has 1 aromatic carbocycles. The van der Waals surface area contributed by atoms with Gasteiger partial charge in [-0.3, -0.25) is 0 Å². The van der Waals surface area contributed by atoms with E-state index in [0.29, 0.717) is 5.92 Å². The maximum Gasteiger partial charge on any atom is 0.0904 e. The van der Waals surface area contributed by atoms with E-state index in [1.54, 1.807) is 0 Å². The third-order valence-corrected chi connectivity index (χ3v) is 3.91. The smallest absolute Gasteiger partial charge is 0.0904 e. The molecule has 1 nitrogen and oxygen atoms in total. The van der Waals surface area contributed by atoms with Crippen LogP contribution in [0.25, 0.3) is 0 Å². The molecule has 2 rings (SSSR count). The summed E-state index contributed by atoms with van der Waals surface area (Å²) in [4.78, 5) is 0. The summed E-state index contributed by atoms with van der Waals surface area (Å²) < 4.78 is 0. The number of rotatable bonds is 2. The molecule has 0 saturated carbocycles. The lowest BCUT2D eigenvalue weighted by molar-refractivity contribution is 0.0172. The van der Waals surface area contributed by atoms with Crippen molar-refractivity contribution in [2.45, 2.75) is 52.6 Å². The molecule has 1 aliphatic carbocycles. The highest BCUT2D eigenvalue weighted by Gasteiger charge is 2.37. The first-order chi connectivity index (χ1) is 7.44. The van der Waals surface area contributed by atoms with Crippen molar-refractivity contribution in [3.8, 4) is 0 Å². The SMILES string of the molecule is Cc1ccc2c(c1C)CCC2(O)CC(C)C. The van der Waals surface area contributed by atoms with E-state index < -0.39 is 5.60 Å². The predicted molar refractivity (Wildman–Crippen MR) is 67.6 cm³/mol. The zero-order valence-corrected chi connectivity index (χ0v) is 10.8. The van der Waals surface area contributed by atoms with Gasteiger partial charge in [0.15, 0.2) is 0 Å². The fourth-order valence-corrected chi connectivity index (χ4v) is 2.99. The van der Waals surface area contributed by atoms with Crippen LogP contribution in [0.1, 0.15) is 48.9 Å². The van der Waals surface area contributed by atoms with Crippen molar-refractivity contribution < 1.29 is 5.11 Å². The molecule has 0 radical (unpaired) electrons. The van der Waals surface area contributed by atoms with E-state index in [2.05, 4.69) is 39.8 Å². The number of fused-ring (bicyclic) bond motifs is 1. The molecular weight excluding hydrogens is 196 g/mol. The monoisotopic (exact) mass is 218 g/mol. The Labute approximate surface area is 98.5 Å². The molecular formula is C15H22O. The molecule has 1 atom stereocenters. The highest BCUT2D eigenvalue weighted by molar-refractivity contribution is 5.45. The van der Waals surface area contributed by atoms with Crippen LogP contribution in [0.4, 0.5) is 0 Å². The Morgan fingerprint density at radius 1 is 1.31 bits per heavy atom. The molecule has 0 aromatic heterocycles. The quantitative estimate of drug-likeness (QED) is 0.805. The van der Waals surface area contributed by atoms with E-state index in [-0.39, 0.29) is 0 Å². The van der Waals surface area contributed by atoms with Crippen molar-refractivity contribution in [3.63, 3.8) is 0 Å². The number of aryl methyl sites for hydroxylation is 1. The van der Waals surface area contributed by atoms with Gasteiger partial charge in [-0.15, -0.1) is 0 Å². The summed E-state index contributed by atoms with van der Waals surface area (Å²) >= 11 is 0. The van der Waals surface area contributed by atoms with Crippen molar-refractivity contribution in [2.75, 3.05) is 0 Å². The summed E-state index contributed by atoms with van der Waals surface area (Å²) in [6, 6.07) is 4.28. The maximum atomic E-state index is 10.7. The third-order valence-electron chi connectivity index (χ3n) is 3.91. The van der Waals surface area contributed by atoms with Crippen LogP contribution in [0, 0.1) is 19.8 Å². The van der Waals surface area contributed by atoms with Crippen LogP contribution >= 0.6 is 0 Å². The van der Waals surface area contributed by atoms with Gasteiger partial charge >= 0.3 is 0 Å². The van der Waals surface area contributed by atoms with E-state index in [9.17, 15) is 5.11 Å². The van der Waals surface area contributed by atoms with Gasteiger partial charge in [-0.05, 0) is 61.3 Å². The highest BCUT2D eigenvalue weighted by Crippen LogP contribution is 2.42. The van der Waals surface area contributed by atoms with Gasteiger partial charge in [-0.25, -0.2) is 0 Å². The zero-order chi connectivity index (χ0) is 11.9. The van der Waals surface area contributed by atoms with E-state index >= 15 is 0 Å². The molecule has 1 heteroatoms. The molecule has 0 aliphatic heterocycles. The minimum atomic E-state index is -0.568. The first kappa shape index (κ1) is 11.7. The predicted octanol–water partition coefficient (Wildman–Crippen LogP) is 3.48. The van der Waals surface area contributed by atoms with Gasteiger partial charge in [0.2, 0.25) is 0 Å². The Morgan fingerprint density at radius 2 is 2.00 bits per heavy atom. The molecule has 0 amide bonds. The van der Waals surface area contributed by atoms with Crippen LogP contribution in [-0.4, -0.2) is 5.11 Å². The number of benzene rings is 1. The molecule has 1 aliphatic rings. The lowest BCUT2D eigenvalue weighted by Crippen LogP contribution is -2.24. The van der Waals surface area contributed by atoms with Crippen LogP contribution < -0.4 is 0 Å². The Morgan fingerprint density at radius 3 is 2.62 bits per heavy atom. The molecule has 0 bridgehead atoms. The van der Waals surface area contributed by atoms with Gasteiger partial charge in [-0.2, -0.15) is 0 Å². The first-order valence-corrected chi connectivity index (χ1v) is 6.26. The van der Waals surface area contributed by atoms with Gasteiger partial charge in [0, 0.05) is 0 Å². The lowest BCUT2D eigenvalue weighted by Gasteiger charge is -2.26. The van der Waals surface area contributed by atoms with E-state index in [4.69, 9.17) is 0 Å². The van der Waals surface area contributed by atoms with E-state index in [0.717, 1.165) is 19.3 Å². The molecule has 1 N–H and O–H groups in total.